The van der Waals surface area contributed by atoms with Gasteiger partial charge >= 0.3 is 0 Å². The van der Waals surface area contributed by atoms with Crippen molar-refractivity contribution in [3.8, 4) is 22.6 Å². The average molecular weight is 401 g/mol. The minimum absolute atomic E-state index is 0.511. The third kappa shape index (κ3) is 4.40. The van der Waals surface area contributed by atoms with Crippen molar-refractivity contribution in [3.05, 3.63) is 83.4 Å². The van der Waals surface area contributed by atoms with Gasteiger partial charge in [-0.1, -0.05) is 67.8 Å². The van der Waals surface area contributed by atoms with Crippen molar-refractivity contribution in [2.24, 2.45) is 0 Å². The van der Waals surface area contributed by atoms with E-state index in [2.05, 4.69) is 30.3 Å². The van der Waals surface area contributed by atoms with Crippen molar-refractivity contribution >= 4 is 6.29 Å². The zero-order chi connectivity index (χ0) is 20.8. The number of ether oxygens (including phenoxy) is 2. The number of hydrogen-bond donors (Lipinski definition) is 0. The number of methoxy groups -OCH3 is 1. The first-order valence-electron chi connectivity index (χ1n) is 10.7. The van der Waals surface area contributed by atoms with E-state index in [1.54, 1.807) is 7.11 Å². The van der Waals surface area contributed by atoms with Crippen molar-refractivity contribution in [2.45, 2.75) is 44.6 Å². The Morgan fingerprint density at radius 3 is 2.30 bits per heavy atom. The third-order valence-corrected chi connectivity index (χ3v) is 5.99. The third-order valence-electron chi connectivity index (χ3n) is 5.99. The van der Waals surface area contributed by atoms with Crippen LogP contribution >= 0.6 is 0 Å². The van der Waals surface area contributed by atoms with E-state index in [9.17, 15) is 4.79 Å². The molecule has 0 aromatic heterocycles. The Morgan fingerprint density at radius 1 is 0.900 bits per heavy atom. The minimum Gasteiger partial charge on any atom is -0.495 e. The van der Waals surface area contributed by atoms with Gasteiger partial charge in [-0.25, -0.2) is 0 Å². The molecule has 3 aromatic rings. The molecule has 0 unspecified atom stereocenters. The van der Waals surface area contributed by atoms with Crippen LogP contribution in [0.5, 0.6) is 11.5 Å². The van der Waals surface area contributed by atoms with E-state index in [1.807, 2.05) is 36.4 Å². The van der Waals surface area contributed by atoms with E-state index in [-0.39, 0.29) is 0 Å². The maximum atomic E-state index is 11.6. The van der Waals surface area contributed by atoms with E-state index in [0.717, 1.165) is 28.7 Å². The first-order chi connectivity index (χ1) is 14.8. The van der Waals surface area contributed by atoms with Crippen LogP contribution in [0.2, 0.25) is 0 Å². The van der Waals surface area contributed by atoms with Crippen LogP contribution in [-0.2, 0) is 6.61 Å². The Labute approximate surface area is 178 Å². The second-order valence-corrected chi connectivity index (χ2v) is 7.90. The first-order valence-corrected chi connectivity index (χ1v) is 10.7. The van der Waals surface area contributed by atoms with Crippen LogP contribution in [0.4, 0.5) is 0 Å². The second kappa shape index (κ2) is 9.62. The molecule has 0 aliphatic heterocycles. The molecule has 0 bridgehead atoms. The summed E-state index contributed by atoms with van der Waals surface area (Å²) in [7, 11) is 1.65. The molecule has 0 amide bonds. The van der Waals surface area contributed by atoms with Crippen LogP contribution in [0.15, 0.2) is 66.7 Å². The number of rotatable bonds is 7. The lowest BCUT2D eigenvalue weighted by Gasteiger charge is -2.26. The average Bonchev–Trinajstić information content (AvgIpc) is 2.83. The van der Waals surface area contributed by atoms with E-state index >= 15 is 0 Å². The summed E-state index contributed by atoms with van der Waals surface area (Å²) in [5, 5.41) is 0. The predicted octanol–water partition coefficient (Wildman–Crippen LogP) is 6.80. The van der Waals surface area contributed by atoms with Crippen molar-refractivity contribution < 1.29 is 14.3 Å². The van der Waals surface area contributed by atoms with Gasteiger partial charge in [0.05, 0.1) is 12.7 Å². The molecule has 3 aromatic carbocycles. The van der Waals surface area contributed by atoms with Crippen LogP contribution in [0, 0.1) is 0 Å². The number of hydrogen-bond acceptors (Lipinski definition) is 3. The van der Waals surface area contributed by atoms with Gasteiger partial charge in [-0.05, 0) is 53.6 Å². The molecule has 4 rings (SSSR count). The van der Waals surface area contributed by atoms with Gasteiger partial charge in [0.2, 0.25) is 0 Å². The summed E-state index contributed by atoms with van der Waals surface area (Å²) < 4.78 is 11.7. The molecule has 3 heteroatoms. The zero-order valence-corrected chi connectivity index (χ0v) is 17.5. The predicted molar refractivity (Wildman–Crippen MR) is 120 cm³/mol. The van der Waals surface area contributed by atoms with Crippen molar-refractivity contribution in [3.63, 3.8) is 0 Å². The highest BCUT2D eigenvalue weighted by Crippen LogP contribution is 2.44. The van der Waals surface area contributed by atoms with Gasteiger partial charge in [-0.15, -0.1) is 0 Å². The van der Waals surface area contributed by atoms with E-state index in [4.69, 9.17) is 9.47 Å². The maximum Gasteiger partial charge on any atom is 0.153 e. The molecular weight excluding hydrogens is 372 g/mol. The smallest absolute Gasteiger partial charge is 0.153 e. The van der Waals surface area contributed by atoms with Crippen LogP contribution in [0.1, 0.15) is 59.5 Å². The Kier molecular flexibility index (Phi) is 6.48. The van der Waals surface area contributed by atoms with Gasteiger partial charge in [0.25, 0.3) is 0 Å². The molecule has 0 atom stereocenters. The molecule has 0 spiro atoms. The van der Waals surface area contributed by atoms with Gasteiger partial charge in [-0.2, -0.15) is 0 Å². The first kappa shape index (κ1) is 20.2. The molecule has 1 aliphatic rings. The van der Waals surface area contributed by atoms with Crippen LogP contribution < -0.4 is 9.47 Å². The molecular formula is C27H28O3. The highest BCUT2D eigenvalue weighted by Gasteiger charge is 2.23. The summed E-state index contributed by atoms with van der Waals surface area (Å²) in [6.45, 7) is 0.539. The Balaban J connectivity index is 1.65. The summed E-state index contributed by atoms with van der Waals surface area (Å²) in [5.74, 6) is 2.01. The summed E-state index contributed by atoms with van der Waals surface area (Å²) >= 11 is 0. The molecule has 1 fully saturated rings. The van der Waals surface area contributed by atoms with Gasteiger partial charge in [0.15, 0.2) is 6.29 Å². The van der Waals surface area contributed by atoms with E-state index in [0.29, 0.717) is 23.8 Å². The number of benzene rings is 3. The van der Waals surface area contributed by atoms with Gasteiger partial charge in [0, 0.05) is 5.56 Å². The fraction of sp³-hybridized carbons (Fsp3) is 0.296. The lowest BCUT2D eigenvalue weighted by Crippen LogP contribution is -2.08. The summed E-state index contributed by atoms with van der Waals surface area (Å²) in [6, 6.07) is 22.3. The van der Waals surface area contributed by atoms with Crippen LogP contribution in [0.25, 0.3) is 11.1 Å². The lowest BCUT2D eigenvalue weighted by atomic mass is 9.80. The Hall–Kier alpha value is -3.07. The molecule has 0 N–H and O–H groups in total. The van der Waals surface area contributed by atoms with Crippen molar-refractivity contribution in [1.82, 2.24) is 0 Å². The zero-order valence-electron chi connectivity index (χ0n) is 17.5. The number of aldehydes is 1. The normalized spacial score (nSPS) is 14.3. The lowest BCUT2D eigenvalue weighted by molar-refractivity contribution is 0.112. The Morgan fingerprint density at radius 2 is 1.63 bits per heavy atom. The molecule has 3 nitrogen and oxygen atoms in total. The van der Waals surface area contributed by atoms with Gasteiger partial charge in [0.1, 0.15) is 18.1 Å². The van der Waals surface area contributed by atoms with Crippen LogP contribution in [-0.4, -0.2) is 13.4 Å². The molecule has 30 heavy (non-hydrogen) atoms. The summed E-state index contributed by atoms with van der Waals surface area (Å²) in [6.07, 6.45) is 7.08. The largest absolute Gasteiger partial charge is 0.495 e. The SMILES string of the molecule is COc1c(C=O)ccc(C2CCCCC2)c1-c1ccc(OCc2ccccc2)cc1. The highest BCUT2D eigenvalue weighted by atomic mass is 16.5. The van der Waals surface area contributed by atoms with E-state index < -0.39 is 0 Å². The molecule has 154 valence electrons. The minimum atomic E-state index is 0.511. The molecule has 1 saturated carbocycles. The Bertz CT molecular complexity index is 971. The molecule has 0 radical (unpaired) electrons. The second-order valence-electron chi connectivity index (χ2n) is 7.90. The van der Waals surface area contributed by atoms with Gasteiger partial charge < -0.3 is 9.47 Å². The highest BCUT2D eigenvalue weighted by molar-refractivity contribution is 5.88. The fourth-order valence-corrected chi connectivity index (χ4v) is 4.44. The molecule has 1 aliphatic carbocycles. The van der Waals surface area contributed by atoms with E-state index in [1.165, 1.54) is 37.7 Å². The van der Waals surface area contributed by atoms with Crippen LogP contribution in [0.3, 0.4) is 0 Å². The number of carbonyl (C=O) groups excluding carboxylic acids is 1. The topological polar surface area (TPSA) is 35.5 Å². The van der Waals surface area contributed by atoms with Crippen molar-refractivity contribution in [1.29, 1.82) is 0 Å². The monoisotopic (exact) mass is 400 g/mol. The maximum absolute atomic E-state index is 11.6. The number of carbonyl (C=O) groups is 1. The van der Waals surface area contributed by atoms with Gasteiger partial charge in [-0.3, -0.25) is 4.79 Å². The summed E-state index contributed by atoms with van der Waals surface area (Å²) in [5.41, 5.74) is 5.12. The molecule has 0 heterocycles. The molecule has 0 saturated heterocycles. The van der Waals surface area contributed by atoms with Crippen molar-refractivity contribution in [2.75, 3.05) is 7.11 Å². The fourth-order valence-electron chi connectivity index (χ4n) is 4.44. The summed E-state index contributed by atoms with van der Waals surface area (Å²) in [4.78, 5) is 11.6. The quantitative estimate of drug-likeness (QED) is 0.409. The standard InChI is InChI=1S/C27H28O3/c1-29-27-23(18-28)14-17-25(21-10-6-3-7-11-21)26(27)22-12-15-24(16-13-22)30-19-20-8-4-2-5-9-20/h2,4-5,8-9,12-18,21H,3,6-7,10-11,19H2,1H3.